The summed E-state index contributed by atoms with van der Waals surface area (Å²) >= 11 is 0. The molecule has 0 aliphatic carbocycles. The molecule has 0 saturated heterocycles. The van der Waals surface area contributed by atoms with Crippen molar-refractivity contribution >= 4 is 12.4 Å². The number of rotatable bonds is 3. The second-order valence-corrected chi connectivity index (χ2v) is 3.95. The number of benzene rings is 2. The van der Waals surface area contributed by atoms with Crippen LogP contribution in [0.1, 0.15) is 11.1 Å². The van der Waals surface area contributed by atoms with Crippen molar-refractivity contribution in [1.29, 1.82) is 0 Å². The monoisotopic (exact) mass is 285 g/mol. The maximum atomic E-state index is 13.4. The summed E-state index contributed by atoms with van der Waals surface area (Å²) in [4.78, 5) is 0. The molecular formula is C14H14ClF2NO. The third kappa shape index (κ3) is 3.43. The van der Waals surface area contributed by atoms with E-state index in [9.17, 15) is 8.78 Å². The molecular weight excluding hydrogens is 272 g/mol. The number of hydrogen-bond acceptors (Lipinski definition) is 2. The largest absolute Gasteiger partial charge is 0.451 e. The van der Waals surface area contributed by atoms with Crippen molar-refractivity contribution in [3.63, 3.8) is 0 Å². The van der Waals surface area contributed by atoms with Crippen molar-refractivity contribution < 1.29 is 13.5 Å². The fraction of sp³-hybridized carbons (Fsp3) is 0.143. The fourth-order valence-electron chi connectivity index (χ4n) is 1.66. The van der Waals surface area contributed by atoms with Gasteiger partial charge in [-0.05, 0) is 42.3 Å². The summed E-state index contributed by atoms with van der Waals surface area (Å²) in [5, 5.41) is 0. The van der Waals surface area contributed by atoms with E-state index in [-0.39, 0.29) is 12.4 Å². The van der Waals surface area contributed by atoms with Gasteiger partial charge >= 0.3 is 0 Å². The normalized spacial score (nSPS) is 9.89. The van der Waals surface area contributed by atoms with E-state index >= 15 is 0 Å². The minimum Gasteiger partial charge on any atom is -0.451 e. The lowest BCUT2D eigenvalue weighted by atomic mass is 10.1. The van der Waals surface area contributed by atoms with Gasteiger partial charge in [0.1, 0.15) is 5.75 Å². The number of nitrogens with two attached hydrogens (primary N) is 1. The third-order valence-corrected chi connectivity index (χ3v) is 2.67. The van der Waals surface area contributed by atoms with Crippen LogP contribution in [0.4, 0.5) is 8.78 Å². The van der Waals surface area contributed by atoms with E-state index in [1.807, 2.05) is 6.92 Å². The van der Waals surface area contributed by atoms with E-state index in [4.69, 9.17) is 10.5 Å². The zero-order valence-corrected chi connectivity index (χ0v) is 11.1. The quantitative estimate of drug-likeness (QED) is 0.927. The molecule has 0 aliphatic rings. The summed E-state index contributed by atoms with van der Waals surface area (Å²) in [6.07, 6.45) is 0. The van der Waals surface area contributed by atoms with Gasteiger partial charge in [0.05, 0.1) is 0 Å². The first-order valence-electron chi connectivity index (χ1n) is 5.53. The van der Waals surface area contributed by atoms with Gasteiger partial charge in [-0.25, -0.2) is 8.78 Å². The van der Waals surface area contributed by atoms with Crippen molar-refractivity contribution in [3.8, 4) is 11.5 Å². The van der Waals surface area contributed by atoms with E-state index < -0.39 is 17.4 Å². The summed E-state index contributed by atoms with van der Waals surface area (Å²) in [7, 11) is 0. The van der Waals surface area contributed by atoms with Crippen LogP contribution in [0, 0.1) is 18.6 Å². The molecule has 102 valence electrons. The Balaban J connectivity index is 0.00000180. The van der Waals surface area contributed by atoms with Crippen molar-refractivity contribution in [2.24, 2.45) is 5.73 Å². The van der Waals surface area contributed by atoms with Crippen molar-refractivity contribution in [1.82, 2.24) is 0 Å². The maximum Gasteiger partial charge on any atom is 0.198 e. The first-order chi connectivity index (χ1) is 8.61. The molecule has 2 aromatic carbocycles. The molecule has 0 spiro atoms. The van der Waals surface area contributed by atoms with Gasteiger partial charge in [-0.15, -0.1) is 12.4 Å². The van der Waals surface area contributed by atoms with E-state index in [1.54, 1.807) is 18.2 Å². The number of hydrogen-bond donors (Lipinski definition) is 1. The zero-order valence-electron chi connectivity index (χ0n) is 10.3. The molecule has 0 heterocycles. The molecule has 5 heteroatoms. The molecule has 2 N–H and O–H groups in total. The van der Waals surface area contributed by atoms with Crippen molar-refractivity contribution in [2.45, 2.75) is 13.5 Å². The Morgan fingerprint density at radius 1 is 1.11 bits per heavy atom. The predicted octanol–water partition coefficient (Wildman–Crippen LogP) is 3.95. The molecule has 0 atom stereocenters. The summed E-state index contributed by atoms with van der Waals surface area (Å²) in [5.41, 5.74) is 7.43. The molecule has 0 fully saturated rings. The molecule has 2 rings (SSSR count). The van der Waals surface area contributed by atoms with Gasteiger partial charge in [0.2, 0.25) is 0 Å². The minimum atomic E-state index is -0.726. The lowest BCUT2D eigenvalue weighted by Crippen LogP contribution is -1.99. The second kappa shape index (κ2) is 6.50. The van der Waals surface area contributed by atoms with E-state index in [2.05, 4.69) is 0 Å². The van der Waals surface area contributed by atoms with Crippen LogP contribution in [0.2, 0.25) is 0 Å². The zero-order chi connectivity index (χ0) is 13.1. The van der Waals surface area contributed by atoms with E-state index in [0.717, 1.165) is 23.3 Å². The molecule has 2 aromatic rings. The molecule has 0 bridgehead atoms. The van der Waals surface area contributed by atoms with Crippen molar-refractivity contribution in [2.75, 3.05) is 0 Å². The molecule has 0 amide bonds. The number of halogens is 3. The highest BCUT2D eigenvalue weighted by molar-refractivity contribution is 5.85. The van der Waals surface area contributed by atoms with Crippen LogP contribution < -0.4 is 10.5 Å². The minimum absolute atomic E-state index is 0. The van der Waals surface area contributed by atoms with Gasteiger partial charge in [-0.3, -0.25) is 0 Å². The van der Waals surface area contributed by atoms with Gasteiger partial charge in [0, 0.05) is 6.54 Å². The van der Waals surface area contributed by atoms with Gasteiger partial charge < -0.3 is 10.5 Å². The van der Waals surface area contributed by atoms with Crippen LogP contribution in [0.3, 0.4) is 0 Å². The summed E-state index contributed by atoms with van der Waals surface area (Å²) in [6, 6.07) is 8.72. The van der Waals surface area contributed by atoms with Crippen LogP contribution in [0.15, 0.2) is 36.4 Å². The standard InChI is InChI=1S/C14H13F2NO.ClH/c1-9-7-11(6-5-10(9)8-17)18-14-12(15)3-2-4-13(14)16;/h2-7H,8,17H2,1H3;1H. The maximum absolute atomic E-state index is 13.4. The highest BCUT2D eigenvalue weighted by atomic mass is 35.5. The first-order valence-corrected chi connectivity index (χ1v) is 5.53. The summed E-state index contributed by atoms with van der Waals surface area (Å²) < 4.78 is 32.0. The lowest BCUT2D eigenvalue weighted by Gasteiger charge is -2.10. The smallest absolute Gasteiger partial charge is 0.198 e. The average Bonchev–Trinajstić information content (AvgIpc) is 2.34. The molecule has 0 aromatic heterocycles. The lowest BCUT2D eigenvalue weighted by molar-refractivity contribution is 0.407. The SMILES string of the molecule is Cc1cc(Oc2c(F)cccc2F)ccc1CN.Cl. The number of aryl methyl sites for hydroxylation is 1. The van der Waals surface area contributed by atoms with Crippen LogP contribution in [0.25, 0.3) is 0 Å². The summed E-state index contributed by atoms with van der Waals surface area (Å²) in [6.45, 7) is 2.28. The van der Waals surface area contributed by atoms with E-state index in [1.165, 1.54) is 6.07 Å². The predicted molar refractivity (Wildman–Crippen MR) is 72.8 cm³/mol. The van der Waals surface area contributed by atoms with Crippen LogP contribution in [-0.4, -0.2) is 0 Å². The molecule has 0 unspecified atom stereocenters. The van der Waals surface area contributed by atoms with Gasteiger partial charge in [-0.1, -0.05) is 12.1 Å². The highest BCUT2D eigenvalue weighted by Gasteiger charge is 2.11. The fourth-order valence-corrected chi connectivity index (χ4v) is 1.66. The average molecular weight is 286 g/mol. The topological polar surface area (TPSA) is 35.2 Å². The third-order valence-electron chi connectivity index (χ3n) is 2.67. The molecule has 0 saturated carbocycles. The van der Waals surface area contributed by atoms with E-state index in [0.29, 0.717) is 12.3 Å². The Bertz CT molecular complexity index is 555. The Morgan fingerprint density at radius 2 is 1.74 bits per heavy atom. The van der Waals surface area contributed by atoms with Gasteiger partial charge in [0.15, 0.2) is 17.4 Å². The van der Waals surface area contributed by atoms with Crippen LogP contribution >= 0.6 is 12.4 Å². The molecule has 19 heavy (non-hydrogen) atoms. The molecule has 2 nitrogen and oxygen atoms in total. The number of ether oxygens (including phenoxy) is 1. The number of para-hydroxylation sites is 1. The Labute approximate surface area is 116 Å². The van der Waals surface area contributed by atoms with Crippen molar-refractivity contribution in [3.05, 3.63) is 59.2 Å². The Morgan fingerprint density at radius 3 is 2.26 bits per heavy atom. The second-order valence-electron chi connectivity index (χ2n) is 3.95. The molecule has 0 aliphatic heterocycles. The highest BCUT2D eigenvalue weighted by Crippen LogP contribution is 2.28. The Kier molecular flexibility index (Phi) is 5.27. The molecule has 0 radical (unpaired) electrons. The first kappa shape index (κ1) is 15.4. The van der Waals surface area contributed by atoms with Crippen LogP contribution in [0.5, 0.6) is 11.5 Å². The van der Waals surface area contributed by atoms with Gasteiger partial charge in [0.25, 0.3) is 0 Å². The van der Waals surface area contributed by atoms with Crippen LogP contribution in [-0.2, 0) is 6.54 Å². The van der Waals surface area contributed by atoms with Gasteiger partial charge in [-0.2, -0.15) is 0 Å². The Hall–Kier alpha value is -1.65. The summed E-state index contributed by atoms with van der Waals surface area (Å²) in [5.74, 6) is -1.46.